The minimum atomic E-state index is -0.826. The van der Waals surface area contributed by atoms with Gasteiger partial charge in [-0.1, -0.05) is 18.6 Å². The fourth-order valence-electron chi connectivity index (χ4n) is 7.12. The van der Waals surface area contributed by atoms with E-state index in [0.717, 1.165) is 45.0 Å². The molecule has 6 rings (SSSR count). The minimum Gasteiger partial charge on any atom is -0.338 e. The third-order valence-corrected chi connectivity index (χ3v) is 11.5. The molecule has 2 saturated heterocycles. The highest BCUT2D eigenvalue weighted by atomic mass is 32.1. The van der Waals surface area contributed by atoms with E-state index in [-0.39, 0.29) is 29.4 Å². The van der Waals surface area contributed by atoms with Crippen molar-refractivity contribution >= 4 is 51.9 Å². The standard InChI is InChI=1S/C34H40N4O4S2/c1-19-12-17-43-32(19)29-28(31(40)26-18-20(2)44-21(26)3)27(23-8-10-25(11-9-23)36-22(4)39)30(34(42)37-15-13-35-14-16-37)38(29)33(41)24-6-5-7-24/h8-12,17-18,24,27-30,35H,5-7,13-16H2,1-4H3,(H,36,39). The molecule has 4 unspecified atom stereocenters. The number of carbonyl (C=O) groups excluding carboxylic acids is 4. The van der Waals surface area contributed by atoms with Crippen molar-refractivity contribution < 1.29 is 19.2 Å². The van der Waals surface area contributed by atoms with Crippen LogP contribution in [0.5, 0.6) is 0 Å². The molecule has 3 fully saturated rings. The molecule has 3 aromatic rings. The van der Waals surface area contributed by atoms with Crippen LogP contribution in [0.2, 0.25) is 0 Å². The summed E-state index contributed by atoms with van der Waals surface area (Å²) in [4.78, 5) is 62.7. The summed E-state index contributed by atoms with van der Waals surface area (Å²) in [5.41, 5.74) is 3.16. The minimum absolute atomic E-state index is 0.0177. The van der Waals surface area contributed by atoms with Gasteiger partial charge < -0.3 is 20.4 Å². The largest absolute Gasteiger partial charge is 0.338 e. The monoisotopic (exact) mass is 632 g/mol. The fraction of sp³-hybridized carbons (Fsp3) is 0.471. The molecule has 1 saturated carbocycles. The number of piperazine rings is 1. The molecule has 4 heterocycles. The number of aryl methyl sites for hydroxylation is 3. The van der Waals surface area contributed by atoms with E-state index in [4.69, 9.17) is 0 Å². The van der Waals surface area contributed by atoms with E-state index in [1.807, 2.05) is 72.3 Å². The Morgan fingerprint density at radius 1 is 0.955 bits per heavy atom. The maximum absolute atomic E-state index is 14.9. The van der Waals surface area contributed by atoms with Gasteiger partial charge in [0.15, 0.2) is 5.78 Å². The molecular formula is C34H40N4O4S2. The Morgan fingerprint density at radius 2 is 1.66 bits per heavy atom. The molecular weight excluding hydrogens is 593 g/mol. The predicted molar refractivity (Wildman–Crippen MR) is 174 cm³/mol. The van der Waals surface area contributed by atoms with Gasteiger partial charge in [0.1, 0.15) is 6.04 Å². The van der Waals surface area contributed by atoms with E-state index in [2.05, 4.69) is 10.6 Å². The third kappa shape index (κ3) is 5.63. The molecule has 44 heavy (non-hydrogen) atoms. The van der Waals surface area contributed by atoms with Gasteiger partial charge in [-0.2, -0.15) is 0 Å². The van der Waals surface area contributed by atoms with Gasteiger partial charge in [-0.25, -0.2) is 0 Å². The van der Waals surface area contributed by atoms with E-state index in [1.165, 1.54) is 6.92 Å². The lowest BCUT2D eigenvalue weighted by atomic mass is 9.76. The molecule has 8 nitrogen and oxygen atoms in total. The Morgan fingerprint density at radius 3 is 2.20 bits per heavy atom. The van der Waals surface area contributed by atoms with Crippen molar-refractivity contribution in [3.63, 3.8) is 0 Å². The Hall–Kier alpha value is -3.34. The van der Waals surface area contributed by atoms with Crippen molar-refractivity contribution in [3.8, 4) is 0 Å². The van der Waals surface area contributed by atoms with E-state index in [9.17, 15) is 19.2 Å². The average molecular weight is 633 g/mol. The highest BCUT2D eigenvalue weighted by Gasteiger charge is 2.59. The molecule has 2 aromatic heterocycles. The molecule has 1 aliphatic carbocycles. The van der Waals surface area contributed by atoms with Crippen molar-refractivity contribution in [2.45, 2.75) is 65.0 Å². The van der Waals surface area contributed by atoms with E-state index >= 15 is 0 Å². The SMILES string of the molecule is CC(=O)Nc1ccc(C2C(C(=O)c3cc(C)sc3C)C(c3sccc3C)N(C(=O)C3CCC3)C2C(=O)N2CCNCC2)cc1. The number of likely N-dealkylation sites (tertiary alicyclic amines) is 1. The van der Waals surface area contributed by atoms with Crippen LogP contribution in [-0.4, -0.2) is 65.5 Å². The van der Waals surface area contributed by atoms with Crippen LogP contribution in [0.4, 0.5) is 5.69 Å². The summed E-state index contributed by atoms with van der Waals surface area (Å²) in [5, 5.41) is 8.17. The number of anilines is 1. The van der Waals surface area contributed by atoms with Gasteiger partial charge in [-0.3, -0.25) is 19.2 Å². The molecule has 0 radical (unpaired) electrons. The smallest absolute Gasteiger partial charge is 0.246 e. The summed E-state index contributed by atoms with van der Waals surface area (Å²) in [6, 6.07) is 10.1. The maximum atomic E-state index is 14.9. The lowest BCUT2D eigenvalue weighted by Crippen LogP contribution is -2.56. The molecule has 0 bridgehead atoms. The van der Waals surface area contributed by atoms with Gasteiger partial charge in [0.05, 0.1) is 12.0 Å². The molecule has 2 aliphatic heterocycles. The first-order valence-corrected chi connectivity index (χ1v) is 17.2. The van der Waals surface area contributed by atoms with Crippen LogP contribution in [0.25, 0.3) is 0 Å². The summed E-state index contributed by atoms with van der Waals surface area (Å²) >= 11 is 3.16. The lowest BCUT2D eigenvalue weighted by molar-refractivity contribution is -0.150. The first kappa shape index (κ1) is 30.7. The molecule has 232 valence electrons. The predicted octanol–water partition coefficient (Wildman–Crippen LogP) is 5.46. The van der Waals surface area contributed by atoms with Crippen LogP contribution in [0.1, 0.15) is 74.3 Å². The molecule has 3 aliphatic rings. The zero-order valence-electron chi connectivity index (χ0n) is 25.7. The van der Waals surface area contributed by atoms with Crippen LogP contribution >= 0.6 is 22.7 Å². The topological polar surface area (TPSA) is 98.8 Å². The number of hydrogen-bond donors (Lipinski definition) is 2. The second kappa shape index (κ2) is 12.6. The zero-order valence-corrected chi connectivity index (χ0v) is 27.4. The van der Waals surface area contributed by atoms with Gasteiger partial charge in [-0.15, -0.1) is 22.7 Å². The molecule has 1 aromatic carbocycles. The highest BCUT2D eigenvalue weighted by molar-refractivity contribution is 7.12. The third-order valence-electron chi connectivity index (χ3n) is 9.45. The van der Waals surface area contributed by atoms with Gasteiger partial charge in [-0.05, 0) is 74.4 Å². The Balaban J connectivity index is 1.57. The number of ketones is 1. The maximum Gasteiger partial charge on any atom is 0.246 e. The summed E-state index contributed by atoms with van der Waals surface area (Å²) in [5.74, 6) is -1.68. The van der Waals surface area contributed by atoms with E-state index in [1.54, 1.807) is 22.7 Å². The number of thiophene rings is 2. The zero-order chi connectivity index (χ0) is 31.1. The lowest BCUT2D eigenvalue weighted by Gasteiger charge is -2.39. The normalized spacial score (nSPS) is 23.8. The Kier molecular flexibility index (Phi) is 8.77. The van der Waals surface area contributed by atoms with Crippen molar-refractivity contribution in [1.82, 2.24) is 15.1 Å². The number of carbonyl (C=O) groups is 4. The van der Waals surface area contributed by atoms with Crippen molar-refractivity contribution in [3.05, 3.63) is 73.1 Å². The first-order chi connectivity index (χ1) is 21.2. The summed E-state index contributed by atoms with van der Waals surface area (Å²) in [7, 11) is 0. The molecule has 4 atom stereocenters. The summed E-state index contributed by atoms with van der Waals surface area (Å²) < 4.78 is 0. The average Bonchev–Trinajstić information content (AvgIpc) is 3.65. The fourth-order valence-corrected chi connectivity index (χ4v) is 9.12. The number of rotatable bonds is 7. The molecule has 0 spiro atoms. The van der Waals surface area contributed by atoms with Crippen LogP contribution in [0.15, 0.2) is 41.8 Å². The van der Waals surface area contributed by atoms with Crippen molar-refractivity contribution in [2.75, 3.05) is 31.5 Å². The van der Waals surface area contributed by atoms with Gasteiger partial charge in [0.25, 0.3) is 0 Å². The Labute approximate surface area is 266 Å². The number of benzene rings is 1. The highest BCUT2D eigenvalue weighted by Crippen LogP contribution is 2.54. The number of Topliss-reactive ketones (excluding diaryl/α,β-unsaturated/α-hetero) is 1. The first-order valence-electron chi connectivity index (χ1n) is 15.5. The van der Waals surface area contributed by atoms with E-state index in [0.29, 0.717) is 37.4 Å². The molecule has 2 N–H and O–H groups in total. The van der Waals surface area contributed by atoms with Crippen LogP contribution < -0.4 is 10.6 Å². The number of nitrogens with zero attached hydrogens (tertiary/aromatic N) is 2. The number of hydrogen-bond acceptors (Lipinski definition) is 7. The van der Waals surface area contributed by atoms with Crippen molar-refractivity contribution in [1.29, 1.82) is 0 Å². The molecule has 10 heteroatoms. The van der Waals surface area contributed by atoms with Gasteiger partial charge in [0, 0.05) is 70.8 Å². The summed E-state index contributed by atoms with van der Waals surface area (Å²) in [6.07, 6.45) is 2.60. The van der Waals surface area contributed by atoms with Crippen LogP contribution in [0.3, 0.4) is 0 Å². The van der Waals surface area contributed by atoms with Crippen LogP contribution in [0, 0.1) is 32.6 Å². The number of amides is 3. The number of nitrogens with one attached hydrogen (secondary N) is 2. The van der Waals surface area contributed by atoms with Gasteiger partial charge in [0.2, 0.25) is 17.7 Å². The molecule has 3 amide bonds. The second-order valence-electron chi connectivity index (χ2n) is 12.4. The second-order valence-corrected chi connectivity index (χ2v) is 14.8. The van der Waals surface area contributed by atoms with Crippen molar-refractivity contribution in [2.24, 2.45) is 11.8 Å². The quantitative estimate of drug-likeness (QED) is 0.337. The van der Waals surface area contributed by atoms with Crippen LogP contribution in [-0.2, 0) is 14.4 Å². The summed E-state index contributed by atoms with van der Waals surface area (Å²) in [6.45, 7) is 9.96. The van der Waals surface area contributed by atoms with Gasteiger partial charge >= 0.3 is 0 Å². The Bertz CT molecular complexity index is 1570. The van der Waals surface area contributed by atoms with E-state index < -0.39 is 23.9 Å².